The van der Waals surface area contributed by atoms with E-state index in [0.29, 0.717) is 11.6 Å². The van der Waals surface area contributed by atoms with Crippen LogP contribution in [-0.4, -0.2) is 15.5 Å². The summed E-state index contributed by atoms with van der Waals surface area (Å²) in [7, 11) is 0. The lowest BCUT2D eigenvalue weighted by atomic mass is 10.0. The topological polar surface area (TPSA) is 86.9 Å². The summed E-state index contributed by atoms with van der Waals surface area (Å²) in [5.41, 5.74) is 13.0. The van der Waals surface area contributed by atoms with Crippen molar-refractivity contribution >= 4 is 22.6 Å². The summed E-state index contributed by atoms with van der Waals surface area (Å²) in [4.78, 5) is 16.4. The van der Waals surface area contributed by atoms with Gasteiger partial charge in [0.25, 0.3) is 0 Å². The fraction of sp³-hybridized carbons (Fsp3) is 0.429. The van der Waals surface area contributed by atoms with Gasteiger partial charge in [0.15, 0.2) is 0 Å². The molecular weight excluding hydrogens is 240 g/mol. The highest BCUT2D eigenvalue weighted by Crippen LogP contribution is 2.42. The van der Waals surface area contributed by atoms with Gasteiger partial charge < -0.3 is 16.0 Å². The van der Waals surface area contributed by atoms with E-state index in [1.165, 1.54) is 0 Å². The molecule has 0 radical (unpaired) electrons. The summed E-state index contributed by atoms with van der Waals surface area (Å²) >= 11 is 0. The Morgan fingerprint density at radius 2 is 2.11 bits per heavy atom. The zero-order chi connectivity index (χ0) is 13.8. The molecule has 1 heterocycles. The molecule has 1 fully saturated rings. The number of fused-ring (bicyclic) bond motifs is 1. The number of nitrogens with zero attached hydrogens (tertiary/aromatic N) is 2. The molecule has 0 unspecified atom stereocenters. The third-order valence-corrected chi connectivity index (χ3v) is 3.81. The lowest BCUT2D eigenvalue weighted by Gasteiger charge is -2.26. The Morgan fingerprint density at radius 1 is 1.42 bits per heavy atom. The highest BCUT2D eigenvalue weighted by molar-refractivity contribution is 5.87. The standard InChI is InChI=1S/C14H18N4O/c1-14(2,13(16)19)18-11-6-5-9(15)7-10(11)17-12(18)8-3-4-8/h5-8H,3-4,15H2,1-2H3,(H2,16,19). The number of benzene rings is 1. The van der Waals surface area contributed by atoms with Crippen molar-refractivity contribution in [1.82, 2.24) is 9.55 Å². The van der Waals surface area contributed by atoms with Gasteiger partial charge in [0.05, 0.1) is 11.0 Å². The Kier molecular flexibility index (Phi) is 2.36. The van der Waals surface area contributed by atoms with E-state index in [1.807, 2.05) is 36.6 Å². The number of imidazole rings is 1. The predicted octanol–water partition coefficient (Wildman–Crippen LogP) is 1.72. The first-order valence-electron chi connectivity index (χ1n) is 6.49. The van der Waals surface area contributed by atoms with Crippen LogP contribution in [0.3, 0.4) is 0 Å². The number of aromatic nitrogens is 2. The second-order valence-electron chi connectivity index (χ2n) is 5.75. The van der Waals surface area contributed by atoms with Crippen LogP contribution in [0.4, 0.5) is 5.69 Å². The van der Waals surface area contributed by atoms with E-state index in [1.54, 1.807) is 0 Å². The lowest BCUT2D eigenvalue weighted by Crippen LogP contribution is -2.41. The Hall–Kier alpha value is -2.04. The van der Waals surface area contributed by atoms with Gasteiger partial charge in [0.2, 0.25) is 5.91 Å². The van der Waals surface area contributed by atoms with Crippen molar-refractivity contribution in [3.63, 3.8) is 0 Å². The number of hydrogen-bond acceptors (Lipinski definition) is 3. The van der Waals surface area contributed by atoms with Crippen molar-refractivity contribution in [2.75, 3.05) is 5.73 Å². The molecule has 19 heavy (non-hydrogen) atoms. The van der Waals surface area contributed by atoms with Crippen molar-refractivity contribution in [1.29, 1.82) is 0 Å². The van der Waals surface area contributed by atoms with E-state index in [-0.39, 0.29) is 5.91 Å². The molecule has 1 aliphatic carbocycles. The van der Waals surface area contributed by atoms with Crippen LogP contribution in [0.2, 0.25) is 0 Å². The van der Waals surface area contributed by atoms with Gasteiger partial charge in [-0.1, -0.05) is 0 Å². The largest absolute Gasteiger partial charge is 0.399 e. The number of nitrogens with two attached hydrogens (primary N) is 2. The molecule has 1 amide bonds. The van der Waals surface area contributed by atoms with Crippen LogP contribution in [0.25, 0.3) is 11.0 Å². The first-order valence-corrected chi connectivity index (χ1v) is 6.49. The van der Waals surface area contributed by atoms with Gasteiger partial charge in [-0.15, -0.1) is 0 Å². The lowest BCUT2D eigenvalue weighted by molar-refractivity contribution is -0.125. The fourth-order valence-corrected chi connectivity index (χ4v) is 2.43. The molecule has 5 nitrogen and oxygen atoms in total. The number of hydrogen-bond donors (Lipinski definition) is 2. The molecule has 1 aromatic carbocycles. The number of carbonyl (C=O) groups is 1. The van der Waals surface area contributed by atoms with Crippen molar-refractivity contribution in [2.45, 2.75) is 38.1 Å². The Bertz CT molecular complexity index is 667. The van der Waals surface area contributed by atoms with Gasteiger partial charge in [0, 0.05) is 11.6 Å². The van der Waals surface area contributed by atoms with Crippen LogP contribution in [0.15, 0.2) is 18.2 Å². The maximum Gasteiger partial charge on any atom is 0.243 e. The summed E-state index contributed by atoms with van der Waals surface area (Å²) in [6, 6.07) is 5.58. The monoisotopic (exact) mass is 258 g/mol. The molecule has 100 valence electrons. The minimum absolute atomic E-state index is 0.356. The van der Waals surface area contributed by atoms with E-state index >= 15 is 0 Å². The number of nitrogen functional groups attached to an aromatic ring is 1. The van der Waals surface area contributed by atoms with E-state index < -0.39 is 5.54 Å². The van der Waals surface area contributed by atoms with Crippen LogP contribution < -0.4 is 11.5 Å². The molecule has 0 saturated heterocycles. The van der Waals surface area contributed by atoms with E-state index in [2.05, 4.69) is 4.98 Å². The van der Waals surface area contributed by atoms with Crippen molar-refractivity contribution in [3.05, 3.63) is 24.0 Å². The number of rotatable bonds is 3. The van der Waals surface area contributed by atoms with E-state index in [4.69, 9.17) is 11.5 Å². The normalized spacial score (nSPS) is 15.9. The van der Waals surface area contributed by atoms with Crippen LogP contribution in [0, 0.1) is 0 Å². The van der Waals surface area contributed by atoms with Gasteiger partial charge in [-0.3, -0.25) is 4.79 Å². The highest BCUT2D eigenvalue weighted by atomic mass is 16.1. The third kappa shape index (κ3) is 1.77. The molecule has 1 aliphatic rings. The molecule has 4 N–H and O–H groups in total. The van der Waals surface area contributed by atoms with Gasteiger partial charge in [0.1, 0.15) is 11.4 Å². The first-order chi connectivity index (χ1) is 8.91. The second-order valence-corrected chi connectivity index (χ2v) is 5.75. The minimum atomic E-state index is -0.789. The second kappa shape index (κ2) is 3.73. The number of anilines is 1. The first kappa shape index (κ1) is 12.0. The molecule has 0 spiro atoms. The summed E-state index contributed by atoms with van der Waals surface area (Å²) in [6.45, 7) is 3.66. The number of carbonyl (C=O) groups excluding carboxylic acids is 1. The van der Waals surface area contributed by atoms with Crippen molar-refractivity contribution < 1.29 is 4.79 Å². The van der Waals surface area contributed by atoms with Gasteiger partial charge >= 0.3 is 0 Å². The number of primary amides is 1. The Labute approximate surface area is 111 Å². The maximum absolute atomic E-state index is 11.8. The molecule has 1 aromatic heterocycles. The van der Waals surface area contributed by atoms with Crippen LogP contribution in [0.1, 0.15) is 38.4 Å². The summed E-state index contributed by atoms with van der Waals surface area (Å²) < 4.78 is 1.97. The molecule has 2 aromatic rings. The molecule has 0 atom stereocenters. The summed E-state index contributed by atoms with van der Waals surface area (Å²) in [6.07, 6.45) is 2.24. The van der Waals surface area contributed by atoms with Crippen molar-refractivity contribution in [3.8, 4) is 0 Å². The molecular formula is C14H18N4O. The third-order valence-electron chi connectivity index (χ3n) is 3.81. The average Bonchev–Trinajstić information content (AvgIpc) is 3.09. The van der Waals surface area contributed by atoms with E-state index in [0.717, 1.165) is 29.7 Å². The predicted molar refractivity (Wildman–Crippen MR) is 74.6 cm³/mol. The number of amides is 1. The molecule has 0 aliphatic heterocycles. The molecule has 3 rings (SSSR count). The fourth-order valence-electron chi connectivity index (χ4n) is 2.43. The Balaban J connectivity index is 2.31. The van der Waals surface area contributed by atoms with Crippen LogP contribution in [0.5, 0.6) is 0 Å². The molecule has 1 saturated carbocycles. The minimum Gasteiger partial charge on any atom is -0.399 e. The zero-order valence-electron chi connectivity index (χ0n) is 11.2. The SMILES string of the molecule is CC(C)(C(N)=O)n1c(C2CC2)nc2cc(N)ccc21. The van der Waals surface area contributed by atoms with Gasteiger partial charge in [-0.05, 0) is 44.9 Å². The summed E-state index contributed by atoms with van der Waals surface area (Å²) in [5, 5.41) is 0. The van der Waals surface area contributed by atoms with Gasteiger partial charge in [-0.2, -0.15) is 0 Å². The van der Waals surface area contributed by atoms with Crippen LogP contribution in [-0.2, 0) is 10.3 Å². The Morgan fingerprint density at radius 3 is 2.68 bits per heavy atom. The maximum atomic E-state index is 11.8. The summed E-state index contributed by atoms with van der Waals surface area (Å²) in [5.74, 6) is 1.03. The van der Waals surface area contributed by atoms with E-state index in [9.17, 15) is 4.79 Å². The zero-order valence-corrected chi connectivity index (χ0v) is 11.2. The quantitative estimate of drug-likeness (QED) is 0.822. The highest BCUT2D eigenvalue weighted by Gasteiger charge is 2.37. The average molecular weight is 258 g/mol. The van der Waals surface area contributed by atoms with Crippen molar-refractivity contribution in [2.24, 2.45) is 5.73 Å². The van der Waals surface area contributed by atoms with Crippen LogP contribution >= 0.6 is 0 Å². The van der Waals surface area contributed by atoms with Gasteiger partial charge in [-0.25, -0.2) is 4.98 Å². The smallest absolute Gasteiger partial charge is 0.243 e. The molecule has 0 bridgehead atoms. The molecule has 5 heteroatoms.